The molecule has 2 aromatic carbocycles. The number of carbonyl (C=O) groups excluding carboxylic acids is 1. The summed E-state index contributed by atoms with van der Waals surface area (Å²) in [6.45, 7) is 5.71. The Labute approximate surface area is 275 Å². The fourth-order valence-corrected chi connectivity index (χ4v) is 5.25. The number of hydrogen-bond donors (Lipinski definition) is 1. The quantitative estimate of drug-likeness (QED) is 0.112. The molecule has 2 fully saturated rings. The molecule has 45 heavy (non-hydrogen) atoms. The third kappa shape index (κ3) is 9.31. The normalized spacial score (nSPS) is 19.2. The van der Waals surface area contributed by atoms with Gasteiger partial charge in [0.2, 0.25) is 6.10 Å². The molecule has 0 bridgehead atoms. The Kier molecular flexibility index (Phi) is 11.2. The summed E-state index contributed by atoms with van der Waals surface area (Å²) in [5.74, 6) is 0.572. The van der Waals surface area contributed by atoms with Crippen LogP contribution in [0.1, 0.15) is 31.1 Å². The Morgan fingerprint density at radius 1 is 1.22 bits per heavy atom. The SMILES string of the molecule is CC1(C)C(C=C(Cl)Cl)C1C(=O)OC(C#N)c1cccc(Oc2ccccc2)c1.O=[N+]([O-])/N=C1\NCCN1Cc1ccc(Cl)nc1. The summed E-state index contributed by atoms with van der Waals surface area (Å²) in [4.78, 5) is 28.7. The van der Waals surface area contributed by atoms with Crippen molar-refractivity contribution in [2.24, 2.45) is 22.4 Å². The van der Waals surface area contributed by atoms with Crippen LogP contribution in [0, 0.1) is 38.7 Å². The predicted molar refractivity (Wildman–Crippen MR) is 170 cm³/mol. The highest BCUT2D eigenvalue weighted by atomic mass is 35.5. The van der Waals surface area contributed by atoms with Crippen molar-refractivity contribution < 1.29 is 19.3 Å². The van der Waals surface area contributed by atoms with E-state index < -0.39 is 17.1 Å². The zero-order valence-electron chi connectivity index (χ0n) is 24.3. The first-order chi connectivity index (χ1) is 21.5. The smallest absolute Gasteiger partial charge is 0.311 e. The van der Waals surface area contributed by atoms with Crippen molar-refractivity contribution in [3.8, 4) is 17.6 Å². The first-order valence-corrected chi connectivity index (χ1v) is 14.9. The summed E-state index contributed by atoms with van der Waals surface area (Å²) >= 11 is 17.1. The Bertz CT molecular complexity index is 1610. The zero-order chi connectivity index (χ0) is 32.6. The number of pyridine rings is 1. The van der Waals surface area contributed by atoms with E-state index in [0.29, 0.717) is 41.8 Å². The first kappa shape index (κ1) is 33.5. The maximum atomic E-state index is 12.6. The monoisotopic (exact) mass is 670 g/mol. The van der Waals surface area contributed by atoms with E-state index in [1.807, 2.05) is 56.3 Å². The van der Waals surface area contributed by atoms with E-state index in [1.165, 1.54) is 0 Å². The minimum absolute atomic E-state index is 0.114. The Hall–Kier alpha value is -4.37. The van der Waals surface area contributed by atoms with E-state index in [0.717, 1.165) is 5.56 Å². The van der Waals surface area contributed by atoms with Crippen molar-refractivity contribution in [3.05, 3.63) is 110 Å². The number of carbonyl (C=O) groups is 1. The summed E-state index contributed by atoms with van der Waals surface area (Å²) in [6.07, 6.45) is 2.26. The average Bonchev–Trinajstić information content (AvgIpc) is 3.28. The lowest BCUT2D eigenvalue weighted by atomic mass is 10.1. The number of nitrogens with one attached hydrogen (secondary N) is 1. The number of nitro groups is 1. The van der Waals surface area contributed by atoms with Crippen LogP contribution in [0.25, 0.3) is 0 Å². The van der Waals surface area contributed by atoms with Crippen LogP contribution in [0.15, 0.2) is 88.6 Å². The van der Waals surface area contributed by atoms with Gasteiger partial charge in [-0.2, -0.15) is 5.26 Å². The molecule has 14 heteroatoms. The fraction of sp³-hybridized carbons (Fsp3) is 0.290. The maximum Gasteiger partial charge on any atom is 0.311 e. The highest BCUT2D eigenvalue weighted by Crippen LogP contribution is 2.60. The maximum absolute atomic E-state index is 12.6. The van der Waals surface area contributed by atoms with E-state index in [9.17, 15) is 20.2 Å². The summed E-state index contributed by atoms with van der Waals surface area (Å²) in [7, 11) is 0. The Morgan fingerprint density at radius 2 is 1.96 bits per heavy atom. The van der Waals surface area contributed by atoms with Gasteiger partial charge in [0.15, 0.2) is 5.03 Å². The second-order valence-electron chi connectivity index (χ2n) is 10.7. The number of rotatable bonds is 9. The van der Waals surface area contributed by atoms with Gasteiger partial charge in [-0.25, -0.2) is 15.1 Å². The number of nitrogens with zero attached hydrogens (tertiary/aromatic N) is 5. The van der Waals surface area contributed by atoms with Crippen LogP contribution in [-0.2, 0) is 16.1 Å². The molecule has 3 unspecified atom stereocenters. The molecule has 0 amide bonds. The van der Waals surface area contributed by atoms with Gasteiger partial charge in [-0.3, -0.25) is 4.79 Å². The third-order valence-electron chi connectivity index (χ3n) is 7.26. The minimum Gasteiger partial charge on any atom is -0.457 e. The van der Waals surface area contributed by atoms with Gasteiger partial charge in [0.1, 0.15) is 32.3 Å². The number of para-hydroxylation sites is 1. The number of hydrogen-bond acceptors (Lipinski definition) is 7. The zero-order valence-corrected chi connectivity index (χ0v) is 26.5. The standard InChI is InChI=1S/C22H19Cl2NO3.C9H10ClN5O2/c1-22(2)17(12-19(23)24)20(22)21(26)28-18(13-25)14-7-6-10-16(11-14)27-15-8-4-3-5-9-15;10-8-2-1-7(5-12-8)6-14-4-3-11-9(14)13-15(16)17/h3-12,17-18,20H,1-2H3;1-2,5H,3-4,6H2,(H,11,13). The molecule has 0 spiro atoms. The number of hydrazone groups is 1. The van der Waals surface area contributed by atoms with Crippen molar-refractivity contribution in [2.45, 2.75) is 26.5 Å². The lowest BCUT2D eigenvalue weighted by Crippen LogP contribution is -2.30. The molecule has 1 aliphatic heterocycles. The number of aromatic nitrogens is 1. The largest absolute Gasteiger partial charge is 0.457 e. The van der Waals surface area contributed by atoms with Gasteiger partial charge in [-0.05, 0) is 53.3 Å². The van der Waals surface area contributed by atoms with E-state index in [4.69, 9.17) is 44.3 Å². The number of guanidine groups is 1. The molecule has 1 N–H and O–H groups in total. The number of nitriles is 1. The van der Waals surface area contributed by atoms with Gasteiger partial charge < -0.3 is 19.7 Å². The van der Waals surface area contributed by atoms with Crippen LogP contribution in [0.5, 0.6) is 11.5 Å². The van der Waals surface area contributed by atoms with Crippen molar-refractivity contribution in [1.29, 1.82) is 5.26 Å². The lowest BCUT2D eigenvalue weighted by Gasteiger charge is -2.14. The molecule has 11 nitrogen and oxygen atoms in total. The summed E-state index contributed by atoms with van der Waals surface area (Å²) in [6, 6.07) is 21.8. The van der Waals surface area contributed by atoms with Gasteiger partial charge >= 0.3 is 5.97 Å². The third-order valence-corrected chi connectivity index (χ3v) is 7.74. The van der Waals surface area contributed by atoms with E-state index in [1.54, 1.807) is 47.5 Å². The van der Waals surface area contributed by atoms with Crippen molar-refractivity contribution in [3.63, 3.8) is 0 Å². The molecule has 2 heterocycles. The molecule has 0 radical (unpaired) electrons. The Morgan fingerprint density at radius 3 is 2.60 bits per heavy atom. The highest BCUT2D eigenvalue weighted by molar-refractivity contribution is 6.55. The number of benzene rings is 2. The van der Waals surface area contributed by atoms with Crippen LogP contribution in [0.3, 0.4) is 0 Å². The number of halogens is 3. The van der Waals surface area contributed by atoms with Crippen LogP contribution < -0.4 is 10.1 Å². The molecule has 3 atom stereocenters. The van der Waals surface area contributed by atoms with Gasteiger partial charge in [0.25, 0.3) is 5.96 Å². The van der Waals surface area contributed by atoms with Gasteiger partial charge in [0, 0.05) is 31.4 Å². The lowest BCUT2D eigenvalue weighted by molar-refractivity contribution is -0.485. The molecule has 2 aliphatic rings. The van der Waals surface area contributed by atoms with Gasteiger partial charge in [-0.1, -0.05) is 85.0 Å². The molecule has 234 valence electrons. The average molecular weight is 672 g/mol. The Balaban J connectivity index is 0.000000231. The fourth-order valence-electron chi connectivity index (χ4n) is 4.87. The molecule has 1 saturated heterocycles. The molecular formula is C31H29Cl3N6O5. The van der Waals surface area contributed by atoms with Crippen molar-refractivity contribution in [2.75, 3.05) is 13.1 Å². The molecule has 1 aromatic heterocycles. The van der Waals surface area contributed by atoms with Crippen molar-refractivity contribution in [1.82, 2.24) is 15.2 Å². The summed E-state index contributed by atoms with van der Waals surface area (Å²) in [5, 5.41) is 25.7. The van der Waals surface area contributed by atoms with E-state index in [-0.39, 0.29) is 27.7 Å². The molecule has 1 aliphatic carbocycles. The molecule has 1 saturated carbocycles. The summed E-state index contributed by atoms with van der Waals surface area (Å²) in [5.41, 5.74) is 1.16. The van der Waals surface area contributed by atoms with Crippen LogP contribution in [0.2, 0.25) is 5.15 Å². The van der Waals surface area contributed by atoms with E-state index >= 15 is 0 Å². The topological polar surface area (TPSA) is 143 Å². The number of allylic oxidation sites excluding steroid dienone is 1. The molecule has 5 rings (SSSR count). The molecular weight excluding hydrogens is 643 g/mol. The highest BCUT2D eigenvalue weighted by Gasteiger charge is 2.62. The second-order valence-corrected chi connectivity index (χ2v) is 12.1. The molecule has 3 aromatic rings. The number of ether oxygens (including phenoxy) is 2. The van der Waals surface area contributed by atoms with Crippen LogP contribution in [0.4, 0.5) is 0 Å². The van der Waals surface area contributed by atoms with Crippen LogP contribution >= 0.6 is 34.8 Å². The number of esters is 1. The van der Waals surface area contributed by atoms with Gasteiger partial charge in [0.05, 0.1) is 5.92 Å². The van der Waals surface area contributed by atoms with E-state index in [2.05, 4.69) is 15.4 Å². The summed E-state index contributed by atoms with van der Waals surface area (Å²) < 4.78 is 11.4. The second kappa shape index (κ2) is 15.1. The van der Waals surface area contributed by atoms with Crippen LogP contribution in [-0.4, -0.2) is 39.9 Å². The predicted octanol–water partition coefficient (Wildman–Crippen LogP) is 6.87. The van der Waals surface area contributed by atoms with Gasteiger partial charge in [-0.15, -0.1) is 0 Å². The first-order valence-electron chi connectivity index (χ1n) is 13.8. The minimum atomic E-state index is -1.03. The van der Waals surface area contributed by atoms with Crippen molar-refractivity contribution >= 4 is 46.7 Å².